The molecule has 0 aromatic carbocycles. The van der Waals surface area contributed by atoms with E-state index in [9.17, 15) is 10.1 Å². The van der Waals surface area contributed by atoms with Gasteiger partial charge in [0.05, 0.1) is 17.1 Å². The van der Waals surface area contributed by atoms with Gasteiger partial charge in [-0.2, -0.15) is 0 Å². The fourth-order valence-electron chi connectivity index (χ4n) is 3.40. The van der Waals surface area contributed by atoms with E-state index < -0.39 is 0 Å². The van der Waals surface area contributed by atoms with Crippen molar-refractivity contribution in [2.45, 2.75) is 45.1 Å². The number of anilines is 1. The minimum absolute atomic E-state index is 0.0287. The van der Waals surface area contributed by atoms with E-state index in [2.05, 4.69) is 16.8 Å². The maximum Gasteiger partial charge on any atom is 0.290 e. The first-order valence-electron chi connectivity index (χ1n) is 7.42. The molecule has 0 amide bonds. The van der Waals surface area contributed by atoms with Crippen LogP contribution in [0.15, 0.2) is 12.1 Å². The number of aromatic nitrogens is 1. The fraction of sp³-hybridized carbons (Fsp3) is 0.667. The third kappa shape index (κ3) is 3.00. The molecular formula is C15H23N3O3. The van der Waals surface area contributed by atoms with Crippen molar-refractivity contribution in [3.8, 4) is 0 Å². The number of hydrogen-bond donors (Lipinski definition) is 0. The second-order valence-electron chi connectivity index (χ2n) is 5.69. The van der Waals surface area contributed by atoms with Gasteiger partial charge in [-0.15, -0.1) is 0 Å². The Bertz CT molecular complexity index is 513. The predicted molar refractivity (Wildman–Crippen MR) is 81.7 cm³/mol. The van der Waals surface area contributed by atoms with E-state index in [0.717, 1.165) is 38.0 Å². The standard InChI is InChI=1S/C15H23N3O3/c1-4-8-15(11-21-3)9-5-10-17(15)14-7-6-13(18(19)20)12(2)16-14/h6-7H,4-5,8-11H2,1-3H3. The van der Waals surface area contributed by atoms with Gasteiger partial charge in [-0.25, -0.2) is 4.98 Å². The zero-order valence-corrected chi connectivity index (χ0v) is 13.0. The summed E-state index contributed by atoms with van der Waals surface area (Å²) in [5.41, 5.74) is 0.511. The van der Waals surface area contributed by atoms with Crippen LogP contribution in [-0.4, -0.2) is 35.7 Å². The molecule has 2 heterocycles. The minimum Gasteiger partial charge on any atom is -0.382 e. The Kier molecular flexibility index (Phi) is 4.77. The lowest BCUT2D eigenvalue weighted by molar-refractivity contribution is -0.385. The first-order valence-corrected chi connectivity index (χ1v) is 7.42. The zero-order valence-electron chi connectivity index (χ0n) is 13.0. The summed E-state index contributed by atoms with van der Waals surface area (Å²) in [6, 6.07) is 3.32. The number of aryl methyl sites for hydroxylation is 1. The third-order valence-electron chi connectivity index (χ3n) is 4.24. The van der Waals surface area contributed by atoms with Crippen LogP contribution in [0.4, 0.5) is 11.5 Å². The van der Waals surface area contributed by atoms with Gasteiger partial charge in [0.2, 0.25) is 0 Å². The highest BCUT2D eigenvalue weighted by atomic mass is 16.6. The molecule has 0 N–H and O–H groups in total. The zero-order chi connectivity index (χ0) is 15.5. The molecule has 1 fully saturated rings. The molecule has 6 nitrogen and oxygen atoms in total. The highest BCUT2D eigenvalue weighted by Crippen LogP contribution is 2.37. The maximum atomic E-state index is 10.9. The summed E-state index contributed by atoms with van der Waals surface area (Å²) in [5.74, 6) is 0.820. The number of nitrogens with zero attached hydrogens (tertiary/aromatic N) is 3. The molecule has 0 aliphatic carbocycles. The normalized spacial score (nSPS) is 21.8. The summed E-state index contributed by atoms with van der Waals surface area (Å²) in [6.45, 7) is 5.45. The van der Waals surface area contributed by atoms with Gasteiger partial charge in [0.25, 0.3) is 5.69 Å². The Hall–Kier alpha value is -1.69. The first kappa shape index (κ1) is 15.7. The van der Waals surface area contributed by atoms with Crippen molar-refractivity contribution in [2.75, 3.05) is 25.2 Å². The molecule has 1 aliphatic heterocycles. The predicted octanol–water partition coefficient (Wildman–Crippen LogP) is 3.08. The number of methoxy groups -OCH3 is 1. The highest BCUT2D eigenvalue weighted by Gasteiger charge is 2.41. The molecule has 2 rings (SSSR count). The quantitative estimate of drug-likeness (QED) is 0.595. The van der Waals surface area contributed by atoms with Gasteiger partial charge in [0, 0.05) is 19.7 Å². The lowest BCUT2D eigenvalue weighted by Crippen LogP contribution is -2.48. The fourth-order valence-corrected chi connectivity index (χ4v) is 3.40. The minimum atomic E-state index is -0.384. The summed E-state index contributed by atoms with van der Waals surface area (Å²) < 4.78 is 5.45. The van der Waals surface area contributed by atoms with Crippen LogP contribution in [0.1, 0.15) is 38.3 Å². The molecule has 6 heteroatoms. The number of ether oxygens (including phenoxy) is 1. The Balaban J connectivity index is 2.34. The summed E-state index contributed by atoms with van der Waals surface area (Å²) in [6.07, 6.45) is 4.29. The summed E-state index contributed by atoms with van der Waals surface area (Å²) >= 11 is 0. The van der Waals surface area contributed by atoms with Crippen LogP contribution in [0.2, 0.25) is 0 Å². The van der Waals surface area contributed by atoms with Gasteiger partial charge >= 0.3 is 0 Å². The van der Waals surface area contributed by atoms with Gasteiger partial charge in [0.1, 0.15) is 11.5 Å². The van der Waals surface area contributed by atoms with Crippen LogP contribution in [0.5, 0.6) is 0 Å². The van der Waals surface area contributed by atoms with Crippen molar-refractivity contribution in [3.63, 3.8) is 0 Å². The first-order chi connectivity index (χ1) is 10.0. The van der Waals surface area contributed by atoms with Gasteiger partial charge in [-0.3, -0.25) is 10.1 Å². The topological polar surface area (TPSA) is 68.5 Å². The Morgan fingerprint density at radius 3 is 2.86 bits per heavy atom. The largest absolute Gasteiger partial charge is 0.382 e. The van der Waals surface area contributed by atoms with Crippen LogP contribution in [-0.2, 0) is 4.74 Å². The van der Waals surface area contributed by atoms with Crippen LogP contribution >= 0.6 is 0 Å². The summed E-state index contributed by atoms with van der Waals surface area (Å²) in [5, 5.41) is 10.9. The Labute approximate surface area is 125 Å². The molecular weight excluding hydrogens is 270 g/mol. The van der Waals surface area contributed by atoms with E-state index in [1.54, 1.807) is 26.2 Å². The van der Waals surface area contributed by atoms with Gasteiger partial charge in [0.15, 0.2) is 0 Å². The average molecular weight is 293 g/mol. The molecule has 1 saturated heterocycles. The summed E-state index contributed by atoms with van der Waals surface area (Å²) in [4.78, 5) is 17.3. The molecule has 0 saturated carbocycles. The smallest absolute Gasteiger partial charge is 0.290 e. The van der Waals surface area contributed by atoms with Crippen LogP contribution in [0.3, 0.4) is 0 Å². The van der Waals surface area contributed by atoms with Crippen molar-refractivity contribution in [1.82, 2.24) is 4.98 Å². The van der Waals surface area contributed by atoms with E-state index in [4.69, 9.17) is 4.74 Å². The molecule has 1 unspecified atom stereocenters. The molecule has 1 aromatic heterocycles. The Morgan fingerprint density at radius 1 is 1.52 bits per heavy atom. The molecule has 1 aliphatic rings. The highest BCUT2D eigenvalue weighted by molar-refractivity contribution is 5.50. The Morgan fingerprint density at radius 2 is 2.29 bits per heavy atom. The molecule has 1 aromatic rings. The molecule has 21 heavy (non-hydrogen) atoms. The lowest BCUT2D eigenvalue weighted by atomic mass is 9.91. The molecule has 0 bridgehead atoms. The monoisotopic (exact) mass is 293 g/mol. The second kappa shape index (κ2) is 6.39. The SMILES string of the molecule is CCCC1(COC)CCCN1c1ccc([N+](=O)[O-])c(C)n1. The van der Waals surface area contributed by atoms with E-state index in [-0.39, 0.29) is 16.1 Å². The van der Waals surface area contributed by atoms with Gasteiger partial charge in [-0.1, -0.05) is 13.3 Å². The van der Waals surface area contributed by atoms with Crippen molar-refractivity contribution in [2.24, 2.45) is 0 Å². The molecule has 0 spiro atoms. The number of nitro groups is 1. The second-order valence-corrected chi connectivity index (χ2v) is 5.69. The van der Waals surface area contributed by atoms with Crippen molar-refractivity contribution < 1.29 is 9.66 Å². The molecule has 1 atom stereocenters. The van der Waals surface area contributed by atoms with Crippen molar-refractivity contribution in [3.05, 3.63) is 27.9 Å². The van der Waals surface area contributed by atoms with E-state index in [0.29, 0.717) is 12.3 Å². The third-order valence-corrected chi connectivity index (χ3v) is 4.24. The number of pyridine rings is 1. The van der Waals surface area contributed by atoms with E-state index in [1.165, 1.54) is 0 Å². The number of rotatable bonds is 6. The van der Waals surface area contributed by atoms with Crippen molar-refractivity contribution >= 4 is 11.5 Å². The van der Waals surface area contributed by atoms with Crippen molar-refractivity contribution in [1.29, 1.82) is 0 Å². The van der Waals surface area contributed by atoms with Crippen LogP contribution in [0, 0.1) is 17.0 Å². The molecule has 116 valence electrons. The molecule has 0 radical (unpaired) electrons. The maximum absolute atomic E-state index is 10.9. The van der Waals surface area contributed by atoms with Gasteiger partial charge in [-0.05, 0) is 32.3 Å². The van der Waals surface area contributed by atoms with E-state index in [1.807, 2.05) is 0 Å². The average Bonchev–Trinajstić information content (AvgIpc) is 2.82. The van der Waals surface area contributed by atoms with Crippen LogP contribution < -0.4 is 4.90 Å². The van der Waals surface area contributed by atoms with Crippen LogP contribution in [0.25, 0.3) is 0 Å². The number of hydrogen-bond acceptors (Lipinski definition) is 5. The lowest BCUT2D eigenvalue weighted by Gasteiger charge is -2.39. The van der Waals surface area contributed by atoms with Gasteiger partial charge < -0.3 is 9.64 Å². The van der Waals surface area contributed by atoms with E-state index >= 15 is 0 Å². The summed E-state index contributed by atoms with van der Waals surface area (Å²) in [7, 11) is 1.72.